The Morgan fingerprint density at radius 3 is 2.19 bits per heavy atom. The molecule has 1 atom stereocenters. The van der Waals surface area contributed by atoms with E-state index >= 15 is 0 Å². The summed E-state index contributed by atoms with van der Waals surface area (Å²) in [6.45, 7) is 0.511. The predicted molar refractivity (Wildman–Crippen MR) is 117 cm³/mol. The van der Waals surface area contributed by atoms with Gasteiger partial charge < -0.3 is 4.74 Å². The Bertz CT molecular complexity index is 1280. The maximum absolute atomic E-state index is 12.9. The Balaban J connectivity index is 1.32. The van der Waals surface area contributed by atoms with E-state index in [0.717, 1.165) is 5.56 Å². The second-order valence-electron chi connectivity index (χ2n) is 7.73. The molecule has 2 heterocycles. The molecule has 7 nitrogen and oxygen atoms in total. The number of hydrogen-bond donors (Lipinski definition) is 1. The molecule has 2 amide bonds. The van der Waals surface area contributed by atoms with Gasteiger partial charge in [0.2, 0.25) is 10.0 Å². The molecule has 3 aromatic carbocycles. The van der Waals surface area contributed by atoms with Crippen LogP contribution in [0.4, 0.5) is 0 Å². The maximum Gasteiger partial charge on any atom is 0.261 e. The lowest BCUT2D eigenvalue weighted by atomic mass is 10.0. The molecule has 162 valence electrons. The van der Waals surface area contributed by atoms with Crippen molar-refractivity contribution in [2.45, 2.75) is 23.9 Å². The van der Waals surface area contributed by atoms with Gasteiger partial charge in [-0.15, -0.1) is 0 Å². The number of carbonyl (C=O) groups is 2. The number of benzene rings is 3. The number of rotatable bonds is 5. The molecule has 0 aromatic heterocycles. The van der Waals surface area contributed by atoms with Crippen molar-refractivity contribution in [3.05, 3.63) is 95.1 Å². The third-order valence-corrected chi connectivity index (χ3v) is 7.20. The molecule has 1 unspecified atom stereocenters. The van der Waals surface area contributed by atoms with Crippen molar-refractivity contribution in [2.24, 2.45) is 0 Å². The molecular weight excluding hydrogens is 428 g/mol. The Labute approximate surface area is 185 Å². The molecular formula is C24H20N2O5S. The number of imide groups is 1. The first-order chi connectivity index (χ1) is 15.4. The standard InChI is InChI=1S/C24H20N2O5S/c27-23-18-5-1-2-6-19(18)24(28)26(23)15-16-9-11-17(12-10-16)32(29,30)25-21-13-14-31-22-8-4-3-7-20(21)22/h1-12,21,25H,13-15H2. The van der Waals surface area contributed by atoms with Crippen LogP contribution in [0.2, 0.25) is 0 Å². The van der Waals surface area contributed by atoms with E-state index in [9.17, 15) is 18.0 Å². The second-order valence-corrected chi connectivity index (χ2v) is 9.45. The average molecular weight is 449 g/mol. The molecule has 2 aliphatic heterocycles. The first-order valence-electron chi connectivity index (χ1n) is 10.2. The second kappa shape index (κ2) is 7.89. The molecule has 0 radical (unpaired) electrons. The lowest BCUT2D eigenvalue weighted by Crippen LogP contribution is -2.32. The van der Waals surface area contributed by atoms with Crippen molar-refractivity contribution in [2.75, 3.05) is 6.61 Å². The van der Waals surface area contributed by atoms with Crippen LogP contribution in [0.5, 0.6) is 5.75 Å². The molecule has 3 aromatic rings. The van der Waals surface area contributed by atoms with E-state index in [4.69, 9.17) is 4.74 Å². The normalized spacial score (nSPS) is 17.6. The van der Waals surface area contributed by atoms with Crippen LogP contribution < -0.4 is 9.46 Å². The van der Waals surface area contributed by atoms with Gasteiger partial charge in [0, 0.05) is 12.0 Å². The summed E-state index contributed by atoms with van der Waals surface area (Å²) in [5, 5.41) is 0. The number of sulfonamides is 1. The van der Waals surface area contributed by atoms with E-state index in [1.165, 1.54) is 17.0 Å². The number of carbonyl (C=O) groups excluding carboxylic acids is 2. The minimum absolute atomic E-state index is 0.0768. The molecule has 5 rings (SSSR count). The quantitative estimate of drug-likeness (QED) is 0.605. The van der Waals surface area contributed by atoms with Crippen LogP contribution in [0.25, 0.3) is 0 Å². The third kappa shape index (κ3) is 3.57. The van der Waals surface area contributed by atoms with Gasteiger partial charge in [-0.25, -0.2) is 13.1 Å². The van der Waals surface area contributed by atoms with Gasteiger partial charge >= 0.3 is 0 Å². The van der Waals surface area contributed by atoms with E-state index in [2.05, 4.69) is 4.72 Å². The minimum Gasteiger partial charge on any atom is -0.493 e. The van der Waals surface area contributed by atoms with Gasteiger partial charge in [-0.2, -0.15) is 0 Å². The van der Waals surface area contributed by atoms with E-state index in [1.807, 2.05) is 24.3 Å². The Hall–Kier alpha value is -3.49. The molecule has 32 heavy (non-hydrogen) atoms. The predicted octanol–water partition coefficient (Wildman–Crippen LogP) is 3.28. The van der Waals surface area contributed by atoms with E-state index in [-0.39, 0.29) is 29.3 Å². The highest BCUT2D eigenvalue weighted by atomic mass is 32.2. The zero-order valence-electron chi connectivity index (χ0n) is 17.0. The van der Waals surface area contributed by atoms with Crippen LogP contribution in [0.3, 0.4) is 0 Å². The van der Waals surface area contributed by atoms with Crippen LogP contribution in [-0.2, 0) is 16.6 Å². The number of nitrogens with one attached hydrogen (secondary N) is 1. The number of nitrogens with zero attached hydrogens (tertiary/aromatic N) is 1. The highest BCUT2D eigenvalue weighted by Crippen LogP contribution is 2.32. The lowest BCUT2D eigenvalue weighted by Gasteiger charge is -2.26. The molecule has 1 N–H and O–H groups in total. The monoisotopic (exact) mass is 448 g/mol. The number of para-hydroxylation sites is 1. The Morgan fingerprint density at radius 1 is 0.875 bits per heavy atom. The number of amides is 2. The zero-order valence-corrected chi connectivity index (χ0v) is 17.8. The highest BCUT2D eigenvalue weighted by Gasteiger charge is 2.35. The van der Waals surface area contributed by atoms with Crippen molar-refractivity contribution in [3.63, 3.8) is 0 Å². The molecule has 0 fully saturated rings. The largest absolute Gasteiger partial charge is 0.493 e. The molecule has 0 bridgehead atoms. The van der Waals surface area contributed by atoms with Gasteiger partial charge in [-0.1, -0.05) is 42.5 Å². The van der Waals surface area contributed by atoms with Gasteiger partial charge in [0.15, 0.2) is 0 Å². The summed E-state index contributed by atoms with van der Waals surface area (Å²) >= 11 is 0. The summed E-state index contributed by atoms with van der Waals surface area (Å²) in [5.74, 6) is -0.00737. The van der Waals surface area contributed by atoms with Gasteiger partial charge in [-0.05, 0) is 35.9 Å². The van der Waals surface area contributed by atoms with Gasteiger partial charge in [0.25, 0.3) is 11.8 Å². The minimum atomic E-state index is -3.76. The highest BCUT2D eigenvalue weighted by molar-refractivity contribution is 7.89. The summed E-state index contributed by atoms with van der Waals surface area (Å²) in [7, 11) is -3.76. The summed E-state index contributed by atoms with van der Waals surface area (Å²) in [6, 6.07) is 19.9. The summed E-state index contributed by atoms with van der Waals surface area (Å²) in [4.78, 5) is 26.4. The molecule has 0 saturated heterocycles. The average Bonchev–Trinajstić information content (AvgIpc) is 3.05. The number of hydrogen-bond acceptors (Lipinski definition) is 5. The third-order valence-electron chi connectivity index (χ3n) is 5.71. The van der Waals surface area contributed by atoms with Crippen LogP contribution in [0.15, 0.2) is 77.7 Å². The number of fused-ring (bicyclic) bond motifs is 2. The maximum atomic E-state index is 12.9. The first kappa shape index (κ1) is 20.4. The zero-order chi connectivity index (χ0) is 22.3. The molecule has 8 heteroatoms. The van der Waals surface area contributed by atoms with Crippen molar-refractivity contribution < 1.29 is 22.7 Å². The van der Waals surface area contributed by atoms with Crippen LogP contribution in [0.1, 0.15) is 44.3 Å². The van der Waals surface area contributed by atoms with Crippen molar-refractivity contribution in [3.8, 4) is 5.75 Å². The number of ether oxygens (including phenoxy) is 1. The lowest BCUT2D eigenvalue weighted by molar-refractivity contribution is 0.0642. The van der Waals surface area contributed by atoms with Crippen molar-refractivity contribution in [1.82, 2.24) is 9.62 Å². The van der Waals surface area contributed by atoms with Crippen LogP contribution >= 0.6 is 0 Å². The fourth-order valence-electron chi connectivity index (χ4n) is 4.06. The van der Waals surface area contributed by atoms with E-state index < -0.39 is 10.0 Å². The van der Waals surface area contributed by atoms with Crippen molar-refractivity contribution >= 4 is 21.8 Å². The van der Waals surface area contributed by atoms with Crippen molar-refractivity contribution in [1.29, 1.82) is 0 Å². The molecule has 0 aliphatic carbocycles. The summed E-state index contributed by atoms with van der Waals surface area (Å²) in [5.41, 5.74) is 2.25. The topological polar surface area (TPSA) is 92.8 Å². The first-order valence-corrected chi connectivity index (χ1v) is 11.7. The van der Waals surface area contributed by atoms with E-state index in [1.54, 1.807) is 36.4 Å². The summed E-state index contributed by atoms with van der Waals surface area (Å²) in [6.07, 6.45) is 0.536. The SMILES string of the molecule is O=C1c2ccccc2C(=O)N1Cc1ccc(S(=O)(=O)NC2CCOc3ccccc32)cc1. The van der Waals surface area contributed by atoms with E-state index in [0.29, 0.717) is 35.5 Å². The van der Waals surface area contributed by atoms with Crippen LogP contribution in [-0.4, -0.2) is 31.7 Å². The molecule has 0 spiro atoms. The summed E-state index contributed by atoms with van der Waals surface area (Å²) < 4.78 is 34.3. The molecule has 2 aliphatic rings. The Morgan fingerprint density at radius 2 is 1.50 bits per heavy atom. The fourth-order valence-corrected chi connectivity index (χ4v) is 5.31. The van der Waals surface area contributed by atoms with Crippen LogP contribution in [0, 0.1) is 0 Å². The van der Waals surface area contributed by atoms with Gasteiger partial charge in [-0.3, -0.25) is 14.5 Å². The van der Waals surface area contributed by atoms with Gasteiger partial charge in [0.05, 0.1) is 35.2 Å². The fraction of sp³-hybridized carbons (Fsp3) is 0.167. The Kier molecular flexibility index (Phi) is 5.03. The smallest absolute Gasteiger partial charge is 0.261 e. The van der Waals surface area contributed by atoms with Gasteiger partial charge in [0.1, 0.15) is 5.75 Å². The molecule has 0 saturated carbocycles.